The smallest absolute Gasteiger partial charge is 0.417 e. The van der Waals surface area contributed by atoms with Gasteiger partial charge in [-0.05, 0) is 31.5 Å². The van der Waals surface area contributed by atoms with Crippen LogP contribution in [0.15, 0.2) is 27.4 Å². The topological polar surface area (TPSA) is 72.3 Å². The monoisotopic (exact) mass is 235 g/mol. The van der Waals surface area contributed by atoms with Crippen LogP contribution in [0, 0.1) is 0 Å². The maximum Gasteiger partial charge on any atom is 0.417 e. The first-order chi connectivity index (χ1) is 7.95. The molecule has 0 aliphatic carbocycles. The third kappa shape index (κ3) is 1.84. The molecule has 0 saturated carbocycles. The lowest BCUT2D eigenvalue weighted by molar-refractivity contribution is -0.146. The number of hydrogen-bond acceptors (Lipinski definition) is 4. The van der Waals surface area contributed by atoms with Crippen molar-refractivity contribution in [2.45, 2.75) is 19.3 Å². The molecule has 1 heterocycles. The summed E-state index contributed by atoms with van der Waals surface area (Å²) in [5, 5.41) is 0. The van der Waals surface area contributed by atoms with Crippen LogP contribution in [0.2, 0.25) is 0 Å². The van der Waals surface area contributed by atoms with Gasteiger partial charge in [0.2, 0.25) is 0 Å². The van der Waals surface area contributed by atoms with Crippen molar-refractivity contribution in [3.05, 3.63) is 34.3 Å². The van der Waals surface area contributed by atoms with Crippen molar-refractivity contribution < 1.29 is 13.9 Å². The number of ether oxygens (including phenoxy) is 1. The first kappa shape index (κ1) is 11.4. The lowest BCUT2D eigenvalue weighted by atomic mass is 9.84. The van der Waals surface area contributed by atoms with E-state index in [1.165, 1.54) is 7.11 Å². The Bertz CT molecular complexity index is 621. The summed E-state index contributed by atoms with van der Waals surface area (Å²) in [5.41, 5.74) is 1.04. The van der Waals surface area contributed by atoms with Crippen LogP contribution >= 0.6 is 0 Å². The van der Waals surface area contributed by atoms with Gasteiger partial charge in [0.05, 0.1) is 18.0 Å². The molecule has 90 valence electrons. The Balaban J connectivity index is 2.56. The highest BCUT2D eigenvalue weighted by Gasteiger charge is 2.31. The van der Waals surface area contributed by atoms with Crippen molar-refractivity contribution in [2.24, 2.45) is 0 Å². The standard InChI is InChI=1S/C12H13NO4/c1-12(2,10(14)16-3)7-4-5-9-8(6-7)13-11(15)17-9/h4-6H,1-3H3,(H,13,15). The number of oxazole rings is 1. The van der Waals surface area contributed by atoms with E-state index in [1.807, 2.05) is 0 Å². The lowest BCUT2D eigenvalue weighted by Crippen LogP contribution is -2.30. The minimum atomic E-state index is -0.767. The van der Waals surface area contributed by atoms with Gasteiger partial charge in [0.1, 0.15) is 0 Å². The Kier molecular flexibility index (Phi) is 2.53. The number of rotatable bonds is 2. The second-order valence-electron chi connectivity index (χ2n) is 4.34. The molecule has 0 bridgehead atoms. The van der Waals surface area contributed by atoms with Crippen LogP contribution in [0.3, 0.4) is 0 Å². The average molecular weight is 235 g/mol. The fourth-order valence-electron chi connectivity index (χ4n) is 1.71. The molecule has 0 radical (unpaired) electrons. The SMILES string of the molecule is COC(=O)C(C)(C)c1ccc2oc(=O)[nH]c2c1. The Hall–Kier alpha value is -2.04. The van der Waals surface area contributed by atoms with E-state index < -0.39 is 11.2 Å². The molecule has 0 fully saturated rings. The first-order valence-corrected chi connectivity index (χ1v) is 5.17. The van der Waals surface area contributed by atoms with Gasteiger partial charge in [-0.1, -0.05) is 6.07 Å². The minimum absolute atomic E-state index is 0.331. The molecule has 0 amide bonds. The number of esters is 1. The van der Waals surface area contributed by atoms with Gasteiger partial charge in [-0.15, -0.1) is 0 Å². The van der Waals surface area contributed by atoms with Gasteiger partial charge in [-0.25, -0.2) is 4.79 Å². The molecule has 0 aliphatic rings. The molecule has 0 unspecified atom stereocenters. The van der Waals surface area contributed by atoms with E-state index >= 15 is 0 Å². The largest absolute Gasteiger partial charge is 0.468 e. The molecular formula is C12H13NO4. The van der Waals surface area contributed by atoms with Crippen LogP contribution in [-0.4, -0.2) is 18.1 Å². The third-order valence-corrected chi connectivity index (χ3v) is 2.84. The molecule has 0 saturated heterocycles. The van der Waals surface area contributed by atoms with Crippen LogP contribution in [0.4, 0.5) is 0 Å². The van der Waals surface area contributed by atoms with Gasteiger partial charge in [0.15, 0.2) is 5.58 Å². The van der Waals surface area contributed by atoms with E-state index in [1.54, 1.807) is 32.0 Å². The highest BCUT2D eigenvalue weighted by Crippen LogP contribution is 2.26. The second kappa shape index (κ2) is 3.76. The maximum atomic E-state index is 11.7. The number of methoxy groups -OCH3 is 1. The minimum Gasteiger partial charge on any atom is -0.468 e. The lowest BCUT2D eigenvalue weighted by Gasteiger charge is -2.21. The number of nitrogens with one attached hydrogen (secondary N) is 1. The summed E-state index contributed by atoms with van der Waals surface area (Å²) in [6.45, 7) is 3.52. The third-order valence-electron chi connectivity index (χ3n) is 2.84. The van der Waals surface area contributed by atoms with Gasteiger partial charge >= 0.3 is 11.7 Å². The molecule has 17 heavy (non-hydrogen) atoms. The van der Waals surface area contributed by atoms with Crippen LogP contribution in [0.1, 0.15) is 19.4 Å². The van der Waals surface area contributed by atoms with Crippen molar-refractivity contribution >= 4 is 17.1 Å². The van der Waals surface area contributed by atoms with Gasteiger partial charge in [0, 0.05) is 0 Å². The van der Waals surface area contributed by atoms with Crippen LogP contribution in [0.25, 0.3) is 11.1 Å². The van der Waals surface area contributed by atoms with Crippen molar-refractivity contribution in [2.75, 3.05) is 7.11 Å². The highest BCUT2D eigenvalue weighted by molar-refractivity contribution is 5.84. The van der Waals surface area contributed by atoms with Gasteiger partial charge in [-0.3, -0.25) is 9.78 Å². The molecule has 5 heteroatoms. The molecule has 2 aromatic rings. The average Bonchev–Trinajstić information content (AvgIpc) is 2.66. The Labute approximate surface area is 97.4 Å². The van der Waals surface area contributed by atoms with Crippen molar-refractivity contribution in [1.82, 2.24) is 4.98 Å². The summed E-state index contributed by atoms with van der Waals surface area (Å²) < 4.78 is 9.65. The summed E-state index contributed by atoms with van der Waals surface area (Å²) in [5.74, 6) is -0.837. The summed E-state index contributed by atoms with van der Waals surface area (Å²) in [4.78, 5) is 25.2. The zero-order chi connectivity index (χ0) is 12.6. The molecule has 0 aliphatic heterocycles. The number of aromatic nitrogens is 1. The van der Waals surface area contributed by atoms with Crippen LogP contribution < -0.4 is 5.76 Å². The van der Waals surface area contributed by atoms with E-state index in [0.717, 1.165) is 5.56 Å². The molecule has 1 N–H and O–H groups in total. The number of carbonyl (C=O) groups is 1. The zero-order valence-electron chi connectivity index (χ0n) is 9.87. The summed E-state index contributed by atoms with van der Waals surface area (Å²) >= 11 is 0. The fraction of sp³-hybridized carbons (Fsp3) is 0.333. The van der Waals surface area contributed by atoms with E-state index in [9.17, 15) is 9.59 Å². The van der Waals surface area contributed by atoms with E-state index in [4.69, 9.17) is 9.15 Å². The van der Waals surface area contributed by atoms with E-state index in [0.29, 0.717) is 11.1 Å². The molecule has 0 atom stereocenters. The summed E-state index contributed by atoms with van der Waals surface area (Å²) in [6.07, 6.45) is 0. The molecule has 1 aromatic heterocycles. The second-order valence-corrected chi connectivity index (χ2v) is 4.34. The summed E-state index contributed by atoms with van der Waals surface area (Å²) in [6, 6.07) is 5.13. The first-order valence-electron chi connectivity index (χ1n) is 5.17. The predicted octanol–water partition coefficient (Wildman–Crippen LogP) is 1.57. The van der Waals surface area contributed by atoms with Crippen LogP contribution in [0.5, 0.6) is 0 Å². The van der Waals surface area contributed by atoms with Crippen molar-refractivity contribution in [3.63, 3.8) is 0 Å². The van der Waals surface area contributed by atoms with Crippen LogP contribution in [-0.2, 0) is 14.9 Å². The molecule has 1 aromatic carbocycles. The Morgan fingerprint density at radius 2 is 2.12 bits per heavy atom. The zero-order valence-corrected chi connectivity index (χ0v) is 9.87. The van der Waals surface area contributed by atoms with Gasteiger partial charge in [0.25, 0.3) is 0 Å². The van der Waals surface area contributed by atoms with Gasteiger partial charge < -0.3 is 9.15 Å². The van der Waals surface area contributed by atoms with E-state index in [2.05, 4.69) is 4.98 Å². The maximum absolute atomic E-state index is 11.7. The highest BCUT2D eigenvalue weighted by atomic mass is 16.5. The number of aromatic amines is 1. The quantitative estimate of drug-likeness (QED) is 0.802. The molecule has 5 nitrogen and oxygen atoms in total. The van der Waals surface area contributed by atoms with Gasteiger partial charge in [-0.2, -0.15) is 0 Å². The Morgan fingerprint density at radius 1 is 1.41 bits per heavy atom. The normalized spacial score (nSPS) is 11.7. The number of fused-ring (bicyclic) bond motifs is 1. The molecular weight excluding hydrogens is 222 g/mol. The molecule has 0 spiro atoms. The number of hydrogen-bond donors (Lipinski definition) is 1. The number of H-pyrrole nitrogens is 1. The van der Waals surface area contributed by atoms with Crippen molar-refractivity contribution in [3.8, 4) is 0 Å². The fourth-order valence-corrected chi connectivity index (χ4v) is 1.71. The van der Waals surface area contributed by atoms with E-state index in [-0.39, 0.29) is 5.97 Å². The van der Waals surface area contributed by atoms with Crippen molar-refractivity contribution in [1.29, 1.82) is 0 Å². The number of carbonyl (C=O) groups excluding carboxylic acids is 1. The predicted molar refractivity (Wildman–Crippen MR) is 61.9 cm³/mol. The molecule has 2 rings (SSSR count). The Morgan fingerprint density at radius 3 is 2.76 bits per heavy atom. The summed E-state index contributed by atoms with van der Waals surface area (Å²) in [7, 11) is 1.35. The number of benzene rings is 1.